The minimum absolute atomic E-state index is 0.0180. The fraction of sp³-hybridized carbons (Fsp3) is 0.292. The van der Waals surface area contributed by atoms with Crippen molar-refractivity contribution in [2.45, 2.75) is 12.5 Å². The number of ether oxygens (including phenoxy) is 1. The number of amides is 1. The van der Waals surface area contributed by atoms with Crippen molar-refractivity contribution in [1.29, 1.82) is 0 Å². The highest BCUT2D eigenvalue weighted by atomic mass is 16.5. The quantitative estimate of drug-likeness (QED) is 0.643. The van der Waals surface area contributed by atoms with Crippen LogP contribution in [0.5, 0.6) is 5.75 Å². The Balaban J connectivity index is 1.43. The van der Waals surface area contributed by atoms with Gasteiger partial charge in [-0.1, -0.05) is 30.3 Å². The third kappa shape index (κ3) is 4.45. The Bertz CT molecular complexity index is 899. The van der Waals surface area contributed by atoms with Gasteiger partial charge in [-0.3, -0.25) is 4.79 Å². The van der Waals surface area contributed by atoms with E-state index >= 15 is 0 Å². The molecule has 1 fully saturated rings. The Morgan fingerprint density at radius 2 is 1.55 bits per heavy atom. The molecule has 0 unspecified atom stereocenters. The summed E-state index contributed by atoms with van der Waals surface area (Å²) in [6.07, 6.45) is 4.50. The van der Waals surface area contributed by atoms with Gasteiger partial charge < -0.3 is 19.1 Å². The first-order valence-corrected chi connectivity index (χ1v) is 10.1. The summed E-state index contributed by atoms with van der Waals surface area (Å²) >= 11 is 0. The predicted molar refractivity (Wildman–Crippen MR) is 115 cm³/mol. The molecule has 150 valence electrons. The van der Waals surface area contributed by atoms with Crippen LogP contribution in [0.4, 0.5) is 5.69 Å². The molecular formula is C24H27N3O2. The molecule has 5 heteroatoms. The zero-order valence-corrected chi connectivity index (χ0v) is 16.8. The van der Waals surface area contributed by atoms with E-state index < -0.39 is 0 Å². The Kier molecular flexibility index (Phi) is 5.84. The highest BCUT2D eigenvalue weighted by molar-refractivity contribution is 5.77. The normalized spacial score (nSPS) is 15.2. The maximum atomic E-state index is 13.1. The number of carbonyl (C=O) groups is 1. The number of benzene rings is 2. The van der Waals surface area contributed by atoms with Crippen LogP contribution in [-0.2, 0) is 4.79 Å². The lowest BCUT2D eigenvalue weighted by Gasteiger charge is -2.36. The lowest BCUT2D eigenvalue weighted by molar-refractivity contribution is -0.132. The largest absolute Gasteiger partial charge is 0.497 e. The van der Waals surface area contributed by atoms with E-state index in [2.05, 4.69) is 33.7 Å². The van der Waals surface area contributed by atoms with Gasteiger partial charge >= 0.3 is 0 Å². The van der Waals surface area contributed by atoms with Gasteiger partial charge in [-0.2, -0.15) is 0 Å². The smallest absolute Gasteiger partial charge is 0.225 e. The number of piperazine rings is 1. The molecule has 29 heavy (non-hydrogen) atoms. The molecule has 3 aromatic rings. The molecule has 0 N–H and O–H groups in total. The van der Waals surface area contributed by atoms with E-state index in [4.69, 9.17) is 4.74 Å². The van der Waals surface area contributed by atoms with E-state index in [0.717, 1.165) is 37.5 Å². The second kappa shape index (κ2) is 8.86. The Hall–Kier alpha value is -3.21. The predicted octanol–water partition coefficient (Wildman–Crippen LogP) is 3.83. The van der Waals surface area contributed by atoms with Crippen molar-refractivity contribution in [3.8, 4) is 5.75 Å². The average molecular weight is 389 g/mol. The average Bonchev–Trinajstić information content (AvgIpc) is 3.33. The fourth-order valence-corrected chi connectivity index (χ4v) is 3.92. The van der Waals surface area contributed by atoms with Crippen LogP contribution in [0.3, 0.4) is 0 Å². The van der Waals surface area contributed by atoms with Gasteiger partial charge in [-0.25, -0.2) is 0 Å². The van der Waals surface area contributed by atoms with Crippen molar-refractivity contribution >= 4 is 11.6 Å². The highest BCUT2D eigenvalue weighted by Gasteiger charge is 2.25. The van der Waals surface area contributed by atoms with Crippen molar-refractivity contribution in [1.82, 2.24) is 9.47 Å². The van der Waals surface area contributed by atoms with Crippen LogP contribution in [-0.4, -0.2) is 48.7 Å². The van der Waals surface area contributed by atoms with Crippen LogP contribution in [0.1, 0.15) is 18.0 Å². The zero-order valence-electron chi connectivity index (χ0n) is 16.8. The summed E-state index contributed by atoms with van der Waals surface area (Å²) in [7, 11) is 1.66. The molecule has 0 aliphatic carbocycles. The highest BCUT2D eigenvalue weighted by Crippen LogP contribution is 2.26. The molecule has 0 spiro atoms. The molecule has 2 heterocycles. The first kappa shape index (κ1) is 19.1. The number of methoxy groups -OCH3 is 1. The van der Waals surface area contributed by atoms with Crippen LogP contribution in [0.15, 0.2) is 79.1 Å². The van der Waals surface area contributed by atoms with Gasteiger partial charge in [0.25, 0.3) is 0 Å². The molecule has 1 aliphatic rings. The SMILES string of the molecule is COc1ccc([C@H](CC(=O)N2CCN(c3ccccc3)CC2)n2cccc2)cc1. The van der Waals surface area contributed by atoms with Gasteiger partial charge in [0.15, 0.2) is 0 Å². The summed E-state index contributed by atoms with van der Waals surface area (Å²) < 4.78 is 7.39. The van der Waals surface area contributed by atoms with Gasteiger partial charge in [0, 0.05) is 44.3 Å². The molecule has 2 aromatic carbocycles. The second-order valence-electron chi connectivity index (χ2n) is 7.33. The van der Waals surface area contributed by atoms with Crippen molar-refractivity contribution in [2.24, 2.45) is 0 Å². The van der Waals surface area contributed by atoms with Crippen LogP contribution < -0.4 is 9.64 Å². The Morgan fingerprint density at radius 3 is 2.17 bits per heavy atom. The molecule has 5 nitrogen and oxygen atoms in total. The monoisotopic (exact) mass is 389 g/mol. The Morgan fingerprint density at radius 1 is 0.897 bits per heavy atom. The summed E-state index contributed by atoms with van der Waals surface area (Å²) in [4.78, 5) is 17.5. The van der Waals surface area contributed by atoms with Gasteiger partial charge in [0.2, 0.25) is 5.91 Å². The number of para-hydroxylation sites is 1. The molecule has 0 saturated carbocycles. The summed E-state index contributed by atoms with van der Waals surface area (Å²) in [5, 5.41) is 0. The lowest BCUT2D eigenvalue weighted by atomic mass is 10.0. The number of hydrogen-bond acceptors (Lipinski definition) is 3. The minimum atomic E-state index is -0.0180. The molecule has 0 radical (unpaired) electrons. The first-order chi connectivity index (χ1) is 14.2. The molecule has 1 aliphatic heterocycles. The van der Waals surface area contributed by atoms with Crippen LogP contribution in [0, 0.1) is 0 Å². The lowest BCUT2D eigenvalue weighted by Crippen LogP contribution is -2.49. The number of hydrogen-bond donors (Lipinski definition) is 0. The van der Waals surface area contributed by atoms with Gasteiger partial charge in [-0.15, -0.1) is 0 Å². The van der Waals surface area contributed by atoms with Crippen molar-refractivity contribution < 1.29 is 9.53 Å². The molecule has 1 amide bonds. The summed E-state index contributed by atoms with van der Waals surface area (Å²) in [5.74, 6) is 1.02. The maximum absolute atomic E-state index is 13.1. The third-order valence-electron chi connectivity index (χ3n) is 5.61. The minimum Gasteiger partial charge on any atom is -0.497 e. The maximum Gasteiger partial charge on any atom is 0.225 e. The van der Waals surface area contributed by atoms with E-state index in [9.17, 15) is 4.79 Å². The molecular weight excluding hydrogens is 362 g/mol. The summed E-state index contributed by atoms with van der Waals surface area (Å²) in [6.45, 7) is 3.25. The molecule has 1 saturated heterocycles. The van der Waals surface area contributed by atoms with Gasteiger partial charge in [-0.05, 0) is 42.0 Å². The number of aromatic nitrogens is 1. The topological polar surface area (TPSA) is 37.7 Å². The number of nitrogens with zero attached hydrogens (tertiary/aromatic N) is 3. The number of carbonyl (C=O) groups excluding carboxylic acids is 1. The standard InChI is InChI=1S/C24H27N3O2/c1-29-22-11-9-20(10-12-22)23(26-13-5-6-14-26)19-24(28)27-17-15-25(16-18-27)21-7-3-2-4-8-21/h2-14,23H,15-19H2,1H3/t23-/m0/s1. The number of rotatable bonds is 6. The van der Waals surface area contributed by atoms with Crippen molar-refractivity contribution in [3.05, 3.63) is 84.7 Å². The van der Waals surface area contributed by atoms with Crippen LogP contribution in [0.2, 0.25) is 0 Å². The van der Waals surface area contributed by atoms with Gasteiger partial charge in [0.05, 0.1) is 19.6 Å². The fourth-order valence-electron chi connectivity index (χ4n) is 3.92. The summed E-state index contributed by atoms with van der Waals surface area (Å²) in [5.41, 5.74) is 2.33. The molecule has 1 atom stereocenters. The first-order valence-electron chi connectivity index (χ1n) is 10.1. The zero-order chi connectivity index (χ0) is 20.1. The second-order valence-corrected chi connectivity index (χ2v) is 7.33. The third-order valence-corrected chi connectivity index (χ3v) is 5.61. The van der Waals surface area contributed by atoms with E-state index in [1.165, 1.54) is 5.69 Å². The molecule has 4 rings (SSSR count). The van der Waals surface area contributed by atoms with E-state index in [1.54, 1.807) is 7.11 Å². The molecule has 1 aromatic heterocycles. The van der Waals surface area contributed by atoms with Crippen LogP contribution >= 0.6 is 0 Å². The van der Waals surface area contributed by atoms with E-state index in [0.29, 0.717) is 6.42 Å². The van der Waals surface area contributed by atoms with E-state index in [-0.39, 0.29) is 11.9 Å². The molecule has 0 bridgehead atoms. The summed E-state index contributed by atoms with van der Waals surface area (Å²) in [6, 6.07) is 22.4. The Labute approximate surface area is 172 Å². The van der Waals surface area contributed by atoms with Crippen molar-refractivity contribution in [3.63, 3.8) is 0 Å². The number of anilines is 1. The van der Waals surface area contributed by atoms with E-state index in [1.807, 2.05) is 59.8 Å². The van der Waals surface area contributed by atoms with Crippen LogP contribution in [0.25, 0.3) is 0 Å². The van der Waals surface area contributed by atoms with Crippen molar-refractivity contribution in [2.75, 3.05) is 38.2 Å². The van der Waals surface area contributed by atoms with Gasteiger partial charge in [0.1, 0.15) is 5.75 Å².